The molecule has 3 atom stereocenters. The monoisotopic (exact) mass is 459 g/mol. The smallest absolute Gasteiger partial charge is 0.253 e. The molecule has 3 saturated heterocycles. The number of benzene rings is 2. The van der Waals surface area contributed by atoms with Gasteiger partial charge in [0, 0.05) is 50.4 Å². The first-order valence-corrected chi connectivity index (χ1v) is 12.9. The predicted molar refractivity (Wildman–Crippen MR) is 136 cm³/mol. The van der Waals surface area contributed by atoms with E-state index in [0.29, 0.717) is 17.8 Å². The van der Waals surface area contributed by atoms with Crippen molar-refractivity contribution in [2.24, 2.45) is 0 Å². The minimum absolute atomic E-state index is 0.0490. The van der Waals surface area contributed by atoms with E-state index in [1.165, 1.54) is 24.8 Å². The Morgan fingerprint density at radius 3 is 2.47 bits per heavy atom. The average molecular weight is 460 g/mol. The Hall–Kier alpha value is -2.63. The van der Waals surface area contributed by atoms with Gasteiger partial charge in [-0.05, 0) is 67.5 Å². The van der Waals surface area contributed by atoms with Gasteiger partial charge in [0.2, 0.25) is 0 Å². The Morgan fingerprint density at radius 2 is 1.74 bits per heavy atom. The van der Waals surface area contributed by atoms with Gasteiger partial charge in [-0.25, -0.2) is 0 Å². The molecule has 0 radical (unpaired) electrons. The molecular weight excluding hydrogens is 422 g/mol. The van der Waals surface area contributed by atoms with Gasteiger partial charge in [0.25, 0.3) is 5.91 Å². The van der Waals surface area contributed by atoms with E-state index in [4.69, 9.17) is 0 Å². The third-order valence-electron chi connectivity index (χ3n) is 7.97. The van der Waals surface area contributed by atoms with E-state index in [1.54, 1.807) is 6.07 Å². The van der Waals surface area contributed by atoms with Gasteiger partial charge in [-0.1, -0.05) is 36.8 Å². The number of piperidine rings is 1. The summed E-state index contributed by atoms with van der Waals surface area (Å²) in [5.74, 6) is 0.437. The maximum atomic E-state index is 12.9. The maximum Gasteiger partial charge on any atom is 0.253 e. The molecule has 2 bridgehead atoms. The summed E-state index contributed by atoms with van der Waals surface area (Å²) in [6.45, 7) is 8.71. The standard InChI is InChI=1S/C29H37N3O2/c1-2-16-32-25-8-6-9-26(32)21-31(19-15-25)28(24-7-5-10-27(33)20-24)22-11-13-23(14-12-22)29(34)30-17-3-4-18-30/h2,5,7,10-14,20,25-26,28,33H,1,3-4,6,8-9,15-19,21H2. The second-order valence-electron chi connectivity index (χ2n) is 10.1. The molecule has 3 fully saturated rings. The summed E-state index contributed by atoms with van der Waals surface area (Å²) in [5, 5.41) is 10.3. The number of fused-ring (bicyclic) bond motifs is 2. The first-order valence-electron chi connectivity index (χ1n) is 12.9. The Bertz CT molecular complexity index is 999. The fourth-order valence-electron chi connectivity index (χ4n) is 6.30. The number of phenolic OH excluding ortho intramolecular Hbond substituents is 1. The van der Waals surface area contributed by atoms with Crippen molar-refractivity contribution in [2.75, 3.05) is 32.7 Å². The largest absolute Gasteiger partial charge is 0.508 e. The van der Waals surface area contributed by atoms with Gasteiger partial charge in [0.1, 0.15) is 5.75 Å². The average Bonchev–Trinajstić information content (AvgIpc) is 3.37. The van der Waals surface area contributed by atoms with Crippen molar-refractivity contribution in [2.45, 2.75) is 56.7 Å². The van der Waals surface area contributed by atoms with Gasteiger partial charge in [0.15, 0.2) is 0 Å². The SMILES string of the molecule is C=CCN1C2CCCC1CN(C(c1ccc(C(=O)N3CCCC3)cc1)c1cccc(O)c1)CC2. The van der Waals surface area contributed by atoms with Gasteiger partial charge < -0.3 is 10.0 Å². The minimum Gasteiger partial charge on any atom is -0.508 e. The number of phenols is 1. The third kappa shape index (κ3) is 4.77. The van der Waals surface area contributed by atoms with Gasteiger partial charge in [-0.2, -0.15) is 0 Å². The molecule has 3 heterocycles. The van der Waals surface area contributed by atoms with Crippen LogP contribution in [-0.2, 0) is 0 Å². The van der Waals surface area contributed by atoms with E-state index in [2.05, 4.69) is 34.6 Å². The van der Waals surface area contributed by atoms with Gasteiger partial charge in [0.05, 0.1) is 6.04 Å². The molecule has 0 aromatic heterocycles. The van der Waals surface area contributed by atoms with Crippen LogP contribution in [0.5, 0.6) is 5.75 Å². The fourth-order valence-corrected chi connectivity index (χ4v) is 6.30. The van der Waals surface area contributed by atoms with Crippen LogP contribution in [0.25, 0.3) is 0 Å². The highest BCUT2D eigenvalue weighted by Gasteiger charge is 2.36. The van der Waals surface area contributed by atoms with E-state index in [-0.39, 0.29) is 11.9 Å². The van der Waals surface area contributed by atoms with Crippen molar-refractivity contribution < 1.29 is 9.90 Å². The molecule has 2 aromatic carbocycles. The van der Waals surface area contributed by atoms with Crippen molar-refractivity contribution in [1.82, 2.24) is 14.7 Å². The lowest BCUT2D eigenvalue weighted by atomic mass is 9.94. The molecule has 5 nitrogen and oxygen atoms in total. The molecule has 1 N–H and O–H groups in total. The van der Waals surface area contributed by atoms with E-state index in [9.17, 15) is 9.90 Å². The van der Waals surface area contributed by atoms with Crippen LogP contribution >= 0.6 is 0 Å². The highest BCUT2D eigenvalue weighted by molar-refractivity contribution is 5.94. The molecule has 2 aromatic rings. The Balaban J connectivity index is 1.45. The quantitative estimate of drug-likeness (QED) is 0.629. The van der Waals surface area contributed by atoms with E-state index in [1.807, 2.05) is 35.2 Å². The van der Waals surface area contributed by atoms with Gasteiger partial charge in [-0.3, -0.25) is 14.6 Å². The number of hydrogen-bond donors (Lipinski definition) is 1. The van der Waals surface area contributed by atoms with Crippen LogP contribution in [0.4, 0.5) is 0 Å². The number of hydrogen-bond acceptors (Lipinski definition) is 4. The van der Waals surface area contributed by atoms with Gasteiger partial charge >= 0.3 is 0 Å². The molecule has 5 heteroatoms. The number of aromatic hydroxyl groups is 1. The zero-order valence-electron chi connectivity index (χ0n) is 20.1. The zero-order valence-corrected chi connectivity index (χ0v) is 20.1. The Kier molecular flexibility index (Phi) is 7.02. The highest BCUT2D eigenvalue weighted by Crippen LogP contribution is 2.36. The number of rotatable bonds is 6. The molecule has 3 aliphatic heterocycles. The van der Waals surface area contributed by atoms with Crippen LogP contribution in [0.2, 0.25) is 0 Å². The molecule has 180 valence electrons. The number of carbonyl (C=O) groups excluding carboxylic acids is 1. The molecule has 0 aliphatic carbocycles. The summed E-state index contributed by atoms with van der Waals surface area (Å²) in [5.41, 5.74) is 3.05. The van der Waals surface area contributed by atoms with Crippen molar-refractivity contribution >= 4 is 5.91 Å². The molecule has 3 aliphatic rings. The molecule has 5 rings (SSSR count). The predicted octanol–water partition coefficient (Wildman–Crippen LogP) is 4.83. The van der Waals surface area contributed by atoms with E-state index >= 15 is 0 Å². The number of amides is 1. The normalized spacial score (nSPS) is 24.5. The topological polar surface area (TPSA) is 47.0 Å². The van der Waals surface area contributed by atoms with Crippen molar-refractivity contribution in [1.29, 1.82) is 0 Å². The summed E-state index contributed by atoms with van der Waals surface area (Å²) < 4.78 is 0. The minimum atomic E-state index is 0.0490. The first-order chi connectivity index (χ1) is 16.6. The first kappa shape index (κ1) is 23.1. The second kappa shape index (κ2) is 10.3. The van der Waals surface area contributed by atoms with Crippen molar-refractivity contribution in [3.63, 3.8) is 0 Å². The lowest BCUT2D eigenvalue weighted by molar-refractivity contribution is 0.0792. The van der Waals surface area contributed by atoms with Crippen LogP contribution in [0.15, 0.2) is 61.2 Å². The molecule has 34 heavy (non-hydrogen) atoms. The molecule has 0 spiro atoms. The molecule has 0 saturated carbocycles. The number of likely N-dealkylation sites (tertiary alicyclic amines) is 1. The van der Waals surface area contributed by atoms with Crippen molar-refractivity contribution in [3.8, 4) is 5.75 Å². The maximum absolute atomic E-state index is 12.9. The molecule has 3 unspecified atom stereocenters. The Morgan fingerprint density at radius 1 is 0.971 bits per heavy atom. The van der Waals surface area contributed by atoms with Crippen LogP contribution in [-0.4, -0.2) is 70.5 Å². The summed E-state index contributed by atoms with van der Waals surface area (Å²) in [7, 11) is 0. The Labute approximate surface area is 203 Å². The van der Waals surface area contributed by atoms with E-state index in [0.717, 1.165) is 63.1 Å². The highest BCUT2D eigenvalue weighted by atomic mass is 16.3. The molecule has 1 amide bonds. The number of carbonyl (C=O) groups is 1. The summed E-state index contributed by atoms with van der Waals surface area (Å²) in [4.78, 5) is 20.1. The lowest BCUT2D eigenvalue weighted by Crippen LogP contribution is -2.48. The van der Waals surface area contributed by atoms with Crippen LogP contribution in [0, 0.1) is 0 Å². The second-order valence-corrected chi connectivity index (χ2v) is 10.1. The lowest BCUT2D eigenvalue weighted by Gasteiger charge is -2.41. The van der Waals surface area contributed by atoms with Crippen LogP contribution in [0.3, 0.4) is 0 Å². The summed E-state index contributed by atoms with van der Waals surface area (Å²) in [6.07, 6.45) is 9.17. The van der Waals surface area contributed by atoms with Crippen LogP contribution in [0.1, 0.15) is 66.1 Å². The van der Waals surface area contributed by atoms with E-state index < -0.39 is 0 Å². The summed E-state index contributed by atoms with van der Waals surface area (Å²) >= 11 is 0. The number of nitrogens with zero attached hydrogens (tertiary/aromatic N) is 3. The zero-order chi connectivity index (χ0) is 23.5. The third-order valence-corrected chi connectivity index (χ3v) is 7.97. The summed E-state index contributed by atoms with van der Waals surface area (Å²) in [6, 6.07) is 17.1. The van der Waals surface area contributed by atoms with Crippen molar-refractivity contribution in [3.05, 3.63) is 77.9 Å². The fraction of sp³-hybridized carbons (Fsp3) is 0.483. The van der Waals surface area contributed by atoms with Crippen LogP contribution < -0.4 is 0 Å². The van der Waals surface area contributed by atoms with Gasteiger partial charge in [-0.15, -0.1) is 6.58 Å². The molecular formula is C29H37N3O2.